The maximum Gasteiger partial charge on any atom is 0.462 e. The SMILES string of the molecule is C[C@@]12C3=CC(CC=C3)O[P@@](=O)(c3ccccc3)Oc3cccc(c3)[C@@](C)(c3ccc1[nH]3)c1ccc([nH]1)[C@]1(C)c3cccc(c3)O[P@@](=O)(c3ccccc3)Oc3cccc(c3)[C@](C)(c3ccc2[nH]3)c2ccc1[nH]2. The number of fused-ring (bicyclic) bond motifs is 19. The first-order valence-electron chi connectivity index (χ1n) is 24.4. The Labute approximate surface area is 418 Å². The number of benzene rings is 5. The molecule has 72 heavy (non-hydrogen) atoms. The summed E-state index contributed by atoms with van der Waals surface area (Å²) in [4.78, 5) is 16.1. The van der Waals surface area contributed by atoms with Crippen molar-refractivity contribution in [1.29, 1.82) is 0 Å². The van der Waals surface area contributed by atoms with Crippen LogP contribution in [0.15, 0.2) is 206 Å². The summed E-state index contributed by atoms with van der Waals surface area (Å²) in [6, 6.07) is 59.3. The highest BCUT2D eigenvalue weighted by molar-refractivity contribution is 7.63. The minimum atomic E-state index is -4.06. The molecule has 4 aliphatic rings. The summed E-state index contributed by atoms with van der Waals surface area (Å²) < 4.78 is 57.8. The Kier molecular flexibility index (Phi) is 9.89. The second kappa shape index (κ2) is 16.0. The van der Waals surface area contributed by atoms with Gasteiger partial charge in [-0.3, -0.25) is 4.52 Å². The van der Waals surface area contributed by atoms with Crippen molar-refractivity contribution in [2.24, 2.45) is 0 Å². The summed E-state index contributed by atoms with van der Waals surface area (Å²) in [7, 11) is -8.06. The lowest BCUT2D eigenvalue weighted by atomic mass is 9.74. The van der Waals surface area contributed by atoms with Gasteiger partial charge in [0.1, 0.15) is 17.2 Å². The van der Waals surface area contributed by atoms with Gasteiger partial charge in [-0.05, 0) is 166 Å². The third-order valence-electron chi connectivity index (χ3n) is 16.0. The van der Waals surface area contributed by atoms with Gasteiger partial charge in [0, 0.05) is 45.6 Å². The Bertz CT molecular complexity index is 3760. The maximum atomic E-state index is 15.5. The normalized spacial score (nSPS) is 28.0. The van der Waals surface area contributed by atoms with Crippen LogP contribution in [0.25, 0.3) is 0 Å². The fraction of sp³-hybridized carbons (Fsp3) is 0.167. The topological polar surface area (TPSA) is 134 Å². The Morgan fingerprint density at radius 3 is 1.15 bits per heavy atom. The van der Waals surface area contributed by atoms with Crippen LogP contribution in [0.3, 0.4) is 0 Å². The molecule has 4 aromatic heterocycles. The molecule has 12 heteroatoms. The molecule has 1 unspecified atom stereocenters. The fourth-order valence-corrected chi connectivity index (χ4v) is 14.7. The van der Waals surface area contributed by atoms with Gasteiger partial charge in [0.25, 0.3) is 0 Å². The monoisotopic (exact) mass is 986 g/mol. The van der Waals surface area contributed by atoms with Crippen LogP contribution >= 0.6 is 15.2 Å². The van der Waals surface area contributed by atoms with Crippen LogP contribution in [0, 0.1) is 0 Å². The number of rotatable bonds is 2. The van der Waals surface area contributed by atoms with Crippen LogP contribution in [0.1, 0.15) is 96.4 Å². The van der Waals surface area contributed by atoms with Crippen molar-refractivity contribution in [3.8, 4) is 17.2 Å². The van der Waals surface area contributed by atoms with E-state index in [1.807, 2.05) is 103 Å². The van der Waals surface area contributed by atoms with Crippen LogP contribution in [0.2, 0.25) is 0 Å². The van der Waals surface area contributed by atoms with E-state index < -0.39 is 43.0 Å². The van der Waals surface area contributed by atoms with E-state index in [0.717, 1.165) is 67.8 Å². The molecule has 7 atom stereocenters. The number of allylic oxidation sites excluding steroid dienone is 2. The van der Waals surface area contributed by atoms with Crippen LogP contribution in [-0.2, 0) is 35.3 Å². The van der Waals surface area contributed by atoms with Gasteiger partial charge in [-0.25, -0.2) is 9.13 Å². The number of nitrogens with one attached hydrogen (secondary N) is 4. The van der Waals surface area contributed by atoms with Crippen molar-refractivity contribution in [1.82, 2.24) is 19.9 Å². The molecule has 3 aliphatic heterocycles. The third kappa shape index (κ3) is 6.66. The highest BCUT2D eigenvalue weighted by atomic mass is 31.2. The van der Waals surface area contributed by atoms with E-state index >= 15 is 9.13 Å². The number of H-pyrrole nitrogens is 4. The van der Waals surface area contributed by atoms with E-state index in [1.54, 1.807) is 12.1 Å². The molecule has 4 N–H and O–H groups in total. The number of aromatic nitrogens is 4. The predicted molar refractivity (Wildman–Crippen MR) is 282 cm³/mol. The van der Waals surface area contributed by atoms with Crippen molar-refractivity contribution in [2.45, 2.75) is 61.9 Å². The van der Waals surface area contributed by atoms with Gasteiger partial charge >= 0.3 is 15.2 Å². The van der Waals surface area contributed by atoms with Crippen molar-refractivity contribution in [2.75, 3.05) is 0 Å². The average Bonchev–Trinajstić information content (AvgIpc) is 4.27. The lowest BCUT2D eigenvalue weighted by Crippen LogP contribution is -2.33. The molecule has 0 fully saturated rings. The van der Waals surface area contributed by atoms with E-state index in [2.05, 4.69) is 133 Å². The van der Waals surface area contributed by atoms with Crippen molar-refractivity contribution in [3.63, 3.8) is 0 Å². The molecule has 20 bridgehead atoms. The molecule has 0 saturated heterocycles. The first-order valence-corrected chi connectivity index (χ1v) is 27.5. The molecule has 0 spiro atoms. The van der Waals surface area contributed by atoms with E-state index in [0.29, 0.717) is 34.3 Å². The highest BCUT2D eigenvalue weighted by Gasteiger charge is 2.46. The largest absolute Gasteiger partial charge is 0.462 e. The van der Waals surface area contributed by atoms with Gasteiger partial charge in [-0.1, -0.05) is 91.0 Å². The standard InChI is InChI=1S/C60H52N4O6P2/c1-57-39-15-11-19-43(35-39)67-71(65,47-23-7-5-8-24-47)68-44-20-12-16-40(36-44)58(2,50-28-27-49(57)61-50)55-33-34-56(64-55)60(4)42-18-14-22-46(38-42)70-72(66,48-25-9-6-10-26-48)69-45-21-13-17-41(37-45)59(3,51-29-30-52(60)62-51)54-32-31-53(57)63-54/h5-21,23-38,46,61-64H,22H2,1-4H3/t46?,57-,58+,59+,60-,71+,72-/m1/s1. The molecule has 7 heterocycles. The molecule has 10 nitrogen and oxygen atoms in total. The minimum Gasteiger partial charge on any atom is -0.421 e. The Hall–Kier alpha value is -7.48. The van der Waals surface area contributed by atoms with Gasteiger partial charge in [-0.15, -0.1) is 0 Å². The van der Waals surface area contributed by atoms with Crippen LogP contribution in [-0.4, -0.2) is 26.0 Å². The molecule has 5 aromatic carbocycles. The third-order valence-corrected chi connectivity index (χ3v) is 19.8. The minimum absolute atomic E-state index is 0.395. The summed E-state index contributed by atoms with van der Waals surface area (Å²) in [5.41, 5.74) is 7.50. The number of hydrogen-bond donors (Lipinski definition) is 4. The molecule has 0 radical (unpaired) electrons. The van der Waals surface area contributed by atoms with E-state index in [-0.39, 0.29) is 0 Å². The molecule has 358 valence electrons. The number of aromatic amines is 4. The van der Waals surface area contributed by atoms with E-state index in [9.17, 15) is 0 Å². The van der Waals surface area contributed by atoms with Crippen molar-refractivity contribution >= 4 is 25.8 Å². The molecule has 0 amide bonds. The van der Waals surface area contributed by atoms with Gasteiger partial charge in [-0.2, -0.15) is 0 Å². The van der Waals surface area contributed by atoms with Crippen LogP contribution in [0.5, 0.6) is 17.2 Å². The van der Waals surface area contributed by atoms with Gasteiger partial charge in [0.05, 0.1) is 38.4 Å². The quantitative estimate of drug-likeness (QED) is 0.127. The van der Waals surface area contributed by atoms with Crippen molar-refractivity contribution < 1.29 is 27.2 Å². The van der Waals surface area contributed by atoms with Gasteiger partial charge < -0.3 is 33.5 Å². The lowest BCUT2D eigenvalue weighted by Gasteiger charge is -2.36. The van der Waals surface area contributed by atoms with Gasteiger partial charge in [0.2, 0.25) is 0 Å². The maximum absolute atomic E-state index is 15.5. The Morgan fingerprint density at radius 2 is 0.764 bits per heavy atom. The van der Waals surface area contributed by atoms with Crippen molar-refractivity contribution in [3.05, 3.63) is 268 Å². The molecule has 9 aromatic rings. The highest BCUT2D eigenvalue weighted by Crippen LogP contribution is 2.55. The molecule has 0 saturated carbocycles. The number of hydrogen-bond acceptors (Lipinski definition) is 6. The summed E-state index contributed by atoms with van der Waals surface area (Å²) >= 11 is 0. The first kappa shape index (κ1) is 44.5. The molecule has 1 aliphatic carbocycles. The van der Waals surface area contributed by atoms with Crippen LogP contribution in [0.4, 0.5) is 0 Å². The molecular weight excluding hydrogens is 935 g/mol. The Morgan fingerprint density at radius 1 is 0.417 bits per heavy atom. The average molecular weight is 987 g/mol. The zero-order valence-corrected chi connectivity index (χ0v) is 42.0. The predicted octanol–water partition coefficient (Wildman–Crippen LogP) is 13.2. The van der Waals surface area contributed by atoms with Gasteiger partial charge in [0.15, 0.2) is 0 Å². The zero-order valence-electron chi connectivity index (χ0n) is 40.2. The molecular formula is C60H52N4O6P2. The summed E-state index contributed by atoms with van der Waals surface area (Å²) in [6.07, 6.45) is 6.26. The summed E-state index contributed by atoms with van der Waals surface area (Å²) in [5, 5.41) is 0.906. The first-order chi connectivity index (χ1) is 34.8. The summed E-state index contributed by atoms with van der Waals surface area (Å²) in [6.45, 7) is 8.84. The second-order valence-electron chi connectivity index (χ2n) is 20.1. The zero-order chi connectivity index (χ0) is 49.1. The lowest BCUT2D eigenvalue weighted by molar-refractivity contribution is 0.222. The van der Waals surface area contributed by atoms with Crippen LogP contribution < -0.4 is 24.2 Å². The smallest absolute Gasteiger partial charge is 0.421 e. The fourth-order valence-electron chi connectivity index (χ4n) is 11.5. The second-order valence-corrected chi connectivity index (χ2v) is 23.9. The van der Waals surface area contributed by atoms with E-state index in [1.165, 1.54) is 0 Å². The summed E-state index contributed by atoms with van der Waals surface area (Å²) in [5.74, 6) is 1.21. The Balaban J connectivity index is 1.13. The molecule has 13 rings (SSSR count). The van der Waals surface area contributed by atoms with E-state index in [4.69, 9.17) is 18.1 Å².